The molecule has 0 saturated carbocycles. The average Bonchev–Trinajstić information content (AvgIpc) is 2.62. The maximum atomic E-state index is 12.5. The summed E-state index contributed by atoms with van der Waals surface area (Å²) in [4.78, 5) is 17.8. The molecule has 0 atom stereocenters. The molecular weight excluding hydrogens is 335 g/mol. The van der Waals surface area contributed by atoms with E-state index in [9.17, 15) is 18.0 Å². The minimum absolute atomic E-state index is 0.0237. The first-order valence-corrected chi connectivity index (χ1v) is 7.80. The number of anilines is 1. The molecule has 0 aliphatic carbocycles. The van der Waals surface area contributed by atoms with Crippen LogP contribution < -0.4 is 10.2 Å². The van der Waals surface area contributed by atoms with Gasteiger partial charge in [-0.25, -0.2) is 0 Å². The summed E-state index contributed by atoms with van der Waals surface area (Å²) in [5.74, 6) is 0.323. The number of piperidine rings is 1. The number of aromatic nitrogens is 3. The highest BCUT2D eigenvalue weighted by molar-refractivity contribution is 5.92. The Morgan fingerprint density at radius 2 is 1.96 bits per heavy atom. The Labute approximate surface area is 142 Å². The lowest BCUT2D eigenvalue weighted by Crippen LogP contribution is -2.45. The zero-order valence-corrected chi connectivity index (χ0v) is 13.2. The van der Waals surface area contributed by atoms with E-state index in [1.54, 1.807) is 6.20 Å². The third kappa shape index (κ3) is 4.23. The second-order valence-corrected chi connectivity index (χ2v) is 5.75. The summed E-state index contributed by atoms with van der Waals surface area (Å²) in [6.07, 6.45) is -0.764. The molecule has 1 saturated heterocycles. The summed E-state index contributed by atoms with van der Waals surface area (Å²) < 4.78 is 37.5. The van der Waals surface area contributed by atoms with Crippen LogP contribution in [0.4, 0.5) is 19.0 Å². The number of pyridine rings is 1. The van der Waals surface area contributed by atoms with Crippen LogP contribution in [-0.4, -0.2) is 40.2 Å². The minimum atomic E-state index is -4.46. The Bertz CT molecular complexity index is 713. The first kappa shape index (κ1) is 17.1. The molecule has 1 amide bonds. The predicted molar refractivity (Wildman–Crippen MR) is 84.0 cm³/mol. The highest BCUT2D eigenvalue weighted by atomic mass is 19.4. The highest BCUT2D eigenvalue weighted by Gasteiger charge is 2.31. The minimum Gasteiger partial charge on any atom is -0.355 e. The molecule has 0 bridgehead atoms. The van der Waals surface area contributed by atoms with Crippen molar-refractivity contribution in [2.75, 3.05) is 18.0 Å². The Morgan fingerprint density at radius 3 is 2.52 bits per heavy atom. The number of carbonyl (C=O) groups is 1. The van der Waals surface area contributed by atoms with Gasteiger partial charge >= 0.3 is 6.18 Å². The van der Waals surface area contributed by atoms with Gasteiger partial charge in [-0.15, -0.1) is 5.10 Å². The van der Waals surface area contributed by atoms with Crippen molar-refractivity contribution in [1.82, 2.24) is 20.5 Å². The normalized spacial score (nSPS) is 15.9. The lowest BCUT2D eigenvalue weighted by Gasteiger charge is -2.32. The average molecular weight is 351 g/mol. The fourth-order valence-corrected chi connectivity index (χ4v) is 2.67. The number of hydrogen-bond donors (Lipinski definition) is 1. The summed E-state index contributed by atoms with van der Waals surface area (Å²) >= 11 is 0. The van der Waals surface area contributed by atoms with E-state index in [1.165, 1.54) is 0 Å². The zero-order valence-electron chi connectivity index (χ0n) is 13.2. The van der Waals surface area contributed by atoms with Gasteiger partial charge in [0.25, 0.3) is 5.91 Å². The van der Waals surface area contributed by atoms with Crippen molar-refractivity contribution in [1.29, 1.82) is 0 Å². The summed E-state index contributed by atoms with van der Waals surface area (Å²) in [5, 5.41) is 10.7. The van der Waals surface area contributed by atoms with Gasteiger partial charge in [-0.2, -0.15) is 18.3 Å². The number of nitrogens with one attached hydrogen (secondary N) is 1. The molecule has 1 aliphatic rings. The number of nitrogens with zero attached hydrogens (tertiary/aromatic N) is 4. The first-order valence-electron chi connectivity index (χ1n) is 7.80. The second kappa shape index (κ2) is 7.04. The molecular formula is C16H16F3N5O. The zero-order chi connectivity index (χ0) is 17.9. The van der Waals surface area contributed by atoms with Crippen molar-refractivity contribution >= 4 is 11.7 Å². The summed E-state index contributed by atoms with van der Waals surface area (Å²) in [6.45, 7) is 1.42. The quantitative estimate of drug-likeness (QED) is 0.919. The third-order valence-electron chi connectivity index (χ3n) is 4.04. The maximum Gasteiger partial charge on any atom is 0.417 e. The third-order valence-corrected chi connectivity index (χ3v) is 4.04. The number of amides is 1. The molecule has 0 unspecified atom stereocenters. The maximum absolute atomic E-state index is 12.5. The largest absolute Gasteiger partial charge is 0.417 e. The molecule has 6 nitrogen and oxygen atoms in total. The van der Waals surface area contributed by atoms with E-state index in [1.807, 2.05) is 12.1 Å². The Hall–Kier alpha value is -2.71. The molecule has 0 aromatic carbocycles. The van der Waals surface area contributed by atoms with E-state index in [2.05, 4.69) is 25.4 Å². The van der Waals surface area contributed by atoms with E-state index in [-0.39, 0.29) is 11.7 Å². The van der Waals surface area contributed by atoms with Crippen LogP contribution >= 0.6 is 0 Å². The topological polar surface area (TPSA) is 71.0 Å². The fourth-order valence-electron chi connectivity index (χ4n) is 2.67. The highest BCUT2D eigenvalue weighted by Crippen LogP contribution is 2.28. The van der Waals surface area contributed by atoms with Gasteiger partial charge in [0.2, 0.25) is 0 Å². The van der Waals surface area contributed by atoms with Crippen molar-refractivity contribution in [2.24, 2.45) is 0 Å². The number of carbonyl (C=O) groups excluding carboxylic acids is 1. The summed E-state index contributed by atoms with van der Waals surface area (Å²) in [5.41, 5.74) is -0.898. The van der Waals surface area contributed by atoms with Crippen LogP contribution in [0.3, 0.4) is 0 Å². The first-order chi connectivity index (χ1) is 11.9. The SMILES string of the molecule is O=C(NC1CCN(c2cccnn2)CC1)c1ccc(C(F)(F)F)cn1. The van der Waals surface area contributed by atoms with Gasteiger partial charge in [-0.3, -0.25) is 9.78 Å². The van der Waals surface area contributed by atoms with E-state index in [0.717, 1.165) is 18.0 Å². The smallest absolute Gasteiger partial charge is 0.355 e. The van der Waals surface area contributed by atoms with Crippen LogP contribution in [0.5, 0.6) is 0 Å². The van der Waals surface area contributed by atoms with Crippen molar-refractivity contribution in [2.45, 2.75) is 25.1 Å². The van der Waals surface area contributed by atoms with Crippen molar-refractivity contribution in [3.8, 4) is 0 Å². The van der Waals surface area contributed by atoms with Crippen LogP contribution in [0.15, 0.2) is 36.7 Å². The van der Waals surface area contributed by atoms with E-state index >= 15 is 0 Å². The van der Waals surface area contributed by atoms with Gasteiger partial charge in [-0.05, 0) is 37.1 Å². The van der Waals surface area contributed by atoms with Crippen LogP contribution in [0.1, 0.15) is 28.9 Å². The Kier molecular flexibility index (Phi) is 4.82. The van der Waals surface area contributed by atoms with Gasteiger partial charge in [0.15, 0.2) is 5.82 Å². The molecule has 25 heavy (non-hydrogen) atoms. The lowest BCUT2D eigenvalue weighted by molar-refractivity contribution is -0.137. The van der Waals surface area contributed by atoms with Gasteiger partial charge in [0, 0.05) is 31.5 Å². The molecule has 1 fully saturated rings. The van der Waals surface area contributed by atoms with Crippen molar-refractivity contribution in [3.63, 3.8) is 0 Å². The van der Waals surface area contributed by atoms with Crippen LogP contribution in [-0.2, 0) is 6.18 Å². The molecule has 0 radical (unpaired) electrons. The monoisotopic (exact) mass is 351 g/mol. The molecule has 9 heteroatoms. The predicted octanol–water partition coefficient (Wildman–Crippen LogP) is 2.29. The molecule has 1 aliphatic heterocycles. The summed E-state index contributed by atoms with van der Waals surface area (Å²) in [6, 6.07) is 5.58. The van der Waals surface area contributed by atoms with Gasteiger partial charge in [0.05, 0.1) is 5.56 Å². The number of halogens is 3. The standard InChI is InChI=1S/C16H16F3N5O/c17-16(18,19)11-3-4-13(20-10-11)15(25)22-12-5-8-24(9-6-12)14-2-1-7-21-23-14/h1-4,7,10,12H,5-6,8-9H2,(H,22,25). The van der Waals surface area contributed by atoms with Crippen LogP contribution in [0, 0.1) is 0 Å². The van der Waals surface area contributed by atoms with Crippen molar-refractivity contribution in [3.05, 3.63) is 47.9 Å². The Morgan fingerprint density at radius 1 is 1.20 bits per heavy atom. The molecule has 1 N–H and O–H groups in total. The molecule has 3 heterocycles. The number of hydrogen-bond acceptors (Lipinski definition) is 5. The van der Waals surface area contributed by atoms with Crippen LogP contribution in [0.25, 0.3) is 0 Å². The molecule has 0 spiro atoms. The van der Waals surface area contributed by atoms with E-state index in [4.69, 9.17) is 0 Å². The van der Waals surface area contributed by atoms with Gasteiger partial charge in [0.1, 0.15) is 5.69 Å². The lowest BCUT2D eigenvalue weighted by atomic mass is 10.0. The van der Waals surface area contributed by atoms with Crippen molar-refractivity contribution < 1.29 is 18.0 Å². The van der Waals surface area contributed by atoms with Gasteiger partial charge in [-0.1, -0.05) is 0 Å². The molecule has 132 valence electrons. The van der Waals surface area contributed by atoms with Crippen LogP contribution in [0.2, 0.25) is 0 Å². The van der Waals surface area contributed by atoms with E-state index < -0.39 is 17.6 Å². The second-order valence-electron chi connectivity index (χ2n) is 5.75. The molecule has 3 rings (SSSR count). The van der Waals surface area contributed by atoms with E-state index in [0.29, 0.717) is 32.1 Å². The summed E-state index contributed by atoms with van der Waals surface area (Å²) in [7, 11) is 0. The molecule has 2 aromatic rings. The fraction of sp³-hybridized carbons (Fsp3) is 0.375. The number of rotatable bonds is 3. The molecule has 2 aromatic heterocycles. The van der Waals surface area contributed by atoms with Gasteiger partial charge < -0.3 is 10.2 Å². The Balaban J connectivity index is 1.54. The number of alkyl halides is 3.